The lowest BCUT2D eigenvalue weighted by Crippen LogP contribution is -2.35. The Morgan fingerprint density at radius 1 is 1.50 bits per heavy atom. The van der Waals surface area contributed by atoms with Crippen molar-refractivity contribution in [3.8, 4) is 0 Å². The highest BCUT2D eigenvalue weighted by Crippen LogP contribution is 2.16. The van der Waals surface area contributed by atoms with Gasteiger partial charge < -0.3 is 16.8 Å². The molecule has 0 aliphatic heterocycles. The molecule has 0 saturated heterocycles. The van der Waals surface area contributed by atoms with E-state index < -0.39 is 11.9 Å². The number of carbonyl (C=O) groups excluding carboxylic acids is 2. The molecule has 1 unspecified atom stereocenters. The van der Waals surface area contributed by atoms with Crippen LogP contribution in [0.3, 0.4) is 0 Å². The fraction of sp³-hybridized carbons (Fsp3) is 0.231. The lowest BCUT2D eigenvalue weighted by Gasteiger charge is -2.12. The summed E-state index contributed by atoms with van der Waals surface area (Å²) in [5, 5.41) is 2.70. The van der Waals surface area contributed by atoms with Gasteiger partial charge in [0.15, 0.2) is 0 Å². The number of primary amides is 1. The quantitative estimate of drug-likeness (QED) is 0.675. The van der Waals surface area contributed by atoms with E-state index in [0.29, 0.717) is 17.7 Å². The Morgan fingerprint density at radius 3 is 2.67 bits per heavy atom. The first-order valence-corrected chi connectivity index (χ1v) is 5.53. The fourth-order valence-corrected chi connectivity index (χ4v) is 1.47. The highest BCUT2D eigenvalue weighted by molar-refractivity contribution is 5.97. The van der Waals surface area contributed by atoms with Crippen molar-refractivity contribution in [3.63, 3.8) is 0 Å². The van der Waals surface area contributed by atoms with Crippen molar-refractivity contribution in [2.45, 2.75) is 19.4 Å². The Balaban J connectivity index is 2.82. The maximum Gasteiger partial charge on any atom is 0.248 e. The van der Waals surface area contributed by atoms with Crippen molar-refractivity contribution < 1.29 is 9.59 Å². The third-order valence-electron chi connectivity index (χ3n) is 2.53. The van der Waals surface area contributed by atoms with Crippen LogP contribution in [-0.4, -0.2) is 17.9 Å². The van der Waals surface area contributed by atoms with Gasteiger partial charge in [-0.2, -0.15) is 0 Å². The topological polar surface area (TPSA) is 98.2 Å². The number of carbonyl (C=O) groups is 2. The molecule has 5 N–H and O–H groups in total. The molecule has 1 rings (SSSR count). The van der Waals surface area contributed by atoms with E-state index in [0.717, 1.165) is 5.56 Å². The molecule has 0 heterocycles. The molecule has 5 heteroatoms. The van der Waals surface area contributed by atoms with Gasteiger partial charge in [0.1, 0.15) is 0 Å². The van der Waals surface area contributed by atoms with Crippen LogP contribution in [0.2, 0.25) is 0 Å². The monoisotopic (exact) mass is 247 g/mol. The van der Waals surface area contributed by atoms with E-state index in [2.05, 4.69) is 11.9 Å². The molecular formula is C13H17N3O2. The van der Waals surface area contributed by atoms with E-state index in [1.807, 2.05) is 0 Å². The molecule has 0 bridgehead atoms. The number of hydrogen-bond acceptors (Lipinski definition) is 3. The Labute approximate surface area is 106 Å². The highest BCUT2D eigenvalue weighted by atomic mass is 16.2. The van der Waals surface area contributed by atoms with Gasteiger partial charge in [0.2, 0.25) is 11.8 Å². The number of amides is 2. The summed E-state index contributed by atoms with van der Waals surface area (Å²) in [6.07, 6.45) is 2.00. The molecule has 0 fully saturated rings. The van der Waals surface area contributed by atoms with Crippen LogP contribution in [0.25, 0.3) is 0 Å². The molecule has 0 aliphatic rings. The fourth-order valence-electron chi connectivity index (χ4n) is 1.47. The van der Waals surface area contributed by atoms with Crippen LogP contribution in [0.4, 0.5) is 5.69 Å². The van der Waals surface area contributed by atoms with Crippen molar-refractivity contribution in [1.82, 2.24) is 0 Å². The Kier molecular flexibility index (Phi) is 4.62. The molecule has 0 aliphatic carbocycles. The van der Waals surface area contributed by atoms with Crippen LogP contribution in [0.15, 0.2) is 30.9 Å². The van der Waals surface area contributed by atoms with E-state index in [4.69, 9.17) is 11.5 Å². The lowest BCUT2D eigenvalue weighted by atomic mass is 10.1. The first-order chi connectivity index (χ1) is 8.45. The number of anilines is 1. The second-order valence-corrected chi connectivity index (χ2v) is 4.01. The zero-order valence-electron chi connectivity index (χ0n) is 10.3. The van der Waals surface area contributed by atoms with Gasteiger partial charge in [0.25, 0.3) is 0 Å². The van der Waals surface area contributed by atoms with Gasteiger partial charge in [-0.25, -0.2) is 0 Å². The lowest BCUT2D eigenvalue weighted by molar-refractivity contribution is -0.117. The average Bonchev–Trinajstić information content (AvgIpc) is 2.31. The van der Waals surface area contributed by atoms with Gasteiger partial charge >= 0.3 is 0 Å². The Bertz CT molecular complexity index is 483. The minimum absolute atomic E-state index is 0.287. The van der Waals surface area contributed by atoms with Gasteiger partial charge in [-0.1, -0.05) is 6.08 Å². The predicted octanol–water partition coefficient (Wildman–Crippen LogP) is 0.936. The summed E-state index contributed by atoms with van der Waals surface area (Å²) in [6, 6.07) is 4.19. The molecule has 1 atom stereocenters. The SMILES string of the molecule is C=CCC(N)C(=O)Nc1ccc(C(N)=O)cc1C. The molecule has 5 nitrogen and oxygen atoms in total. The van der Waals surface area contributed by atoms with Crippen LogP contribution in [0, 0.1) is 6.92 Å². The zero-order chi connectivity index (χ0) is 13.7. The summed E-state index contributed by atoms with van der Waals surface area (Å²) in [7, 11) is 0. The second-order valence-electron chi connectivity index (χ2n) is 4.01. The predicted molar refractivity (Wildman–Crippen MR) is 71.1 cm³/mol. The number of nitrogens with one attached hydrogen (secondary N) is 1. The third-order valence-corrected chi connectivity index (χ3v) is 2.53. The van der Waals surface area contributed by atoms with E-state index in [1.165, 1.54) is 0 Å². The normalized spacial score (nSPS) is 11.7. The first-order valence-electron chi connectivity index (χ1n) is 5.53. The largest absolute Gasteiger partial charge is 0.366 e. The molecule has 0 saturated carbocycles. The average molecular weight is 247 g/mol. The molecule has 0 radical (unpaired) electrons. The molecule has 0 spiro atoms. The van der Waals surface area contributed by atoms with Crippen LogP contribution in [0.5, 0.6) is 0 Å². The summed E-state index contributed by atoms with van der Waals surface area (Å²) >= 11 is 0. The van der Waals surface area contributed by atoms with E-state index in [1.54, 1.807) is 31.2 Å². The summed E-state index contributed by atoms with van der Waals surface area (Å²) < 4.78 is 0. The number of benzene rings is 1. The number of hydrogen-bond donors (Lipinski definition) is 3. The second kappa shape index (κ2) is 5.97. The van der Waals surface area contributed by atoms with Gasteiger partial charge in [0, 0.05) is 11.3 Å². The third kappa shape index (κ3) is 3.43. The first kappa shape index (κ1) is 13.9. The van der Waals surface area contributed by atoms with Crippen molar-refractivity contribution in [1.29, 1.82) is 0 Å². The summed E-state index contributed by atoms with van der Waals surface area (Å²) in [4.78, 5) is 22.7. The molecule has 18 heavy (non-hydrogen) atoms. The number of rotatable bonds is 5. The maximum absolute atomic E-state index is 11.7. The minimum atomic E-state index is -0.627. The number of aryl methyl sites for hydroxylation is 1. The van der Waals surface area contributed by atoms with Crippen molar-refractivity contribution in [2.75, 3.05) is 5.32 Å². The van der Waals surface area contributed by atoms with E-state index >= 15 is 0 Å². The summed E-state index contributed by atoms with van der Waals surface area (Å²) in [6.45, 7) is 5.31. The smallest absolute Gasteiger partial charge is 0.248 e. The number of nitrogens with two attached hydrogens (primary N) is 2. The Hall–Kier alpha value is -2.14. The van der Waals surface area contributed by atoms with Gasteiger partial charge in [-0.05, 0) is 37.1 Å². The van der Waals surface area contributed by atoms with Crippen molar-refractivity contribution >= 4 is 17.5 Å². The van der Waals surface area contributed by atoms with Gasteiger partial charge in [-0.15, -0.1) is 6.58 Å². The van der Waals surface area contributed by atoms with E-state index in [9.17, 15) is 9.59 Å². The minimum Gasteiger partial charge on any atom is -0.366 e. The Morgan fingerprint density at radius 2 is 2.17 bits per heavy atom. The van der Waals surface area contributed by atoms with Crippen LogP contribution >= 0.6 is 0 Å². The standard InChI is InChI=1S/C13H17N3O2/c1-3-4-10(14)13(18)16-11-6-5-9(12(15)17)7-8(11)2/h3,5-7,10H,1,4,14H2,2H3,(H2,15,17)(H,16,18). The summed E-state index contributed by atoms with van der Waals surface area (Å²) in [5.41, 5.74) is 12.6. The molecule has 1 aromatic carbocycles. The van der Waals surface area contributed by atoms with Crippen LogP contribution < -0.4 is 16.8 Å². The molecule has 2 amide bonds. The molecular weight excluding hydrogens is 230 g/mol. The zero-order valence-corrected chi connectivity index (χ0v) is 10.3. The van der Waals surface area contributed by atoms with Crippen LogP contribution in [0.1, 0.15) is 22.3 Å². The molecule has 1 aromatic rings. The van der Waals surface area contributed by atoms with Crippen molar-refractivity contribution in [2.24, 2.45) is 11.5 Å². The van der Waals surface area contributed by atoms with Crippen molar-refractivity contribution in [3.05, 3.63) is 42.0 Å². The molecule has 96 valence electrons. The van der Waals surface area contributed by atoms with Gasteiger partial charge in [-0.3, -0.25) is 9.59 Å². The maximum atomic E-state index is 11.7. The molecule has 0 aromatic heterocycles. The summed E-state index contributed by atoms with van der Waals surface area (Å²) in [5.74, 6) is -0.788. The van der Waals surface area contributed by atoms with Crippen LogP contribution in [-0.2, 0) is 4.79 Å². The van der Waals surface area contributed by atoms with Gasteiger partial charge in [0.05, 0.1) is 6.04 Å². The van der Waals surface area contributed by atoms with E-state index in [-0.39, 0.29) is 5.91 Å². The highest BCUT2D eigenvalue weighted by Gasteiger charge is 2.13.